The maximum atomic E-state index is 12.5. The molecule has 1 aliphatic rings. The first-order chi connectivity index (χ1) is 15.2. The molecule has 0 aliphatic heterocycles. The highest BCUT2D eigenvalue weighted by atomic mass is 16.4. The van der Waals surface area contributed by atoms with Crippen LogP contribution in [0.4, 0.5) is 27.9 Å². The molecule has 170 valence electrons. The number of carboxylic acids is 1. The van der Waals surface area contributed by atoms with Crippen LogP contribution in [0, 0.1) is 5.92 Å². The van der Waals surface area contributed by atoms with E-state index in [1.54, 1.807) is 0 Å². The van der Waals surface area contributed by atoms with Gasteiger partial charge in [0.2, 0.25) is 5.95 Å². The molecular weight excluding hydrogens is 420 g/mol. The first kappa shape index (κ1) is 22.5. The molecule has 2 heterocycles. The van der Waals surface area contributed by atoms with Gasteiger partial charge in [-0.05, 0) is 30.9 Å². The second-order valence-corrected chi connectivity index (χ2v) is 7.41. The van der Waals surface area contributed by atoms with Crippen LogP contribution in [0.1, 0.15) is 42.6 Å². The lowest BCUT2D eigenvalue weighted by molar-refractivity contribution is -0.141. The fraction of sp³-hybridized carbons (Fsp3) is 0.368. The molecule has 0 spiro atoms. The minimum Gasteiger partial charge on any atom is -0.480 e. The van der Waals surface area contributed by atoms with E-state index in [1.807, 2.05) is 0 Å². The molecule has 1 saturated carbocycles. The third kappa shape index (κ3) is 5.50. The molecule has 0 unspecified atom stereocenters. The lowest BCUT2D eigenvalue weighted by atomic mass is 9.84. The second-order valence-electron chi connectivity index (χ2n) is 7.41. The molecule has 0 bridgehead atoms. The number of hydrogen-bond donors (Lipinski definition) is 7. The Labute approximate surface area is 182 Å². The average Bonchev–Trinajstić information content (AvgIpc) is 2.75. The highest BCUT2D eigenvalue weighted by Gasteiger charge is 2.31. The van der Waals surface area contributed by atoms with Crippen molar-refractivity contribution in [3.05, 3.63) is 34.4 Å². The molecule has 32 heavy (non-hydrogen) atoms. The number of nitrogen functional groups attached to an aromatic ring is 2. The summed E-state index contributed by atoms with van der Waals surface area (Å²) in [5.41, 5.74) is 10.2. The van der Waals surface area contributed by atoms with Gasteiger partial charge in [-0.3, -0.25) is 19.9 Å². The molecule has 13 heteroatoms. The highest BCUT2D eigenvalue weighted by molar-refractivity contribution is 6.01. The SMILES string of the molecule is Nc1nc(N)c(NC(=O)Nc2ccc(C(=O)N[C@H](C(=O)O)C3CCCCC3)nc2)c(=O)[nH]1. The minimum atomic E-state index is -1.08. The van der Waals surface area contributed by atoms with E-state index in [-0.39, 0.29) is 34.8 Å². The summed E-state index contributed by atoms with van der Waals surface area (Å²) in [6.07, 6.45) is 5.67. The summed E-state index contributed by atoms with van der Waals surface area (Å²) < 4.78 is 0. The molecule has 2 aromatic heterocycles. The van der Waals surface area contributed by atoms with E-state index in [0.717, 1.165) is 32.1 Å². The second kappa shape index (κ2) is 9.76. The van der Waals surface area contributed by atoms with E-state index in [1.165, 1.54) is 18.3 Å². The van der Waals surface area contributed by atoms with Gasteiger partial charge in [-0.25, -0.2) is 14.6 Å². The predicted molar refractivity (Wildman–Crippen MR) is 116 cm³/mol. The number of nitrogens with zero attached hydrogens (tertiary/aromatic N) is 2. The average molecular weight is 444 g/mol. The van der Waals surface area contributed by atoms with Crippen LogP contribution in [-0.2, 0) is 4.79 Å². The first-order valence-electron chi connectivity index (χ1n) is 9.97. The first-order valence-corrected chi connectivity index (χ1v) is 9.97. The van der Waals surface area contributed by atoms with Crippen molar-refractivity contribution in [2.75, 3.05) is 22.1 Å². The number of amides is 3. The highest BCUT2D eigenvalue weighted by Crippen LogP contribution is 2.26. The number of aliphatic carboxylic acids is 1. The summed E-state index contributed by atoms with van der Waals surface area (Å²) in [5.74, 6) is -2.26. The summed E-state index contributed by atoms with van der Waals surface area (Å²) in [5, 5.41) is 16.7. The van der Waals surface area contributed by atoms with Gasteiger partial charge in [0.15, 0.2) is 11.5 Å². The molecule has 0 saturated heterocycles. The van der Waals surface area contributed by atoms with Crippen molar-refractivity contribution in [2.24, 2.45) is 5.92 Å². The van der Waals surface area contributed by atoms with E-state index < -0.39 is 29.5 Å². The van der Waals surface area contributed by atoms with Crippen LogP contribution >= 0.6 is 0 Å². The summed E-state index contributed by atoms with van der Waals surface area (Å²) in [7, 11) is 0. The zero-order valence-electron chi connectivity index (χ0n) is 17.1. The number of urea groups is 1. The van der Waals surface area contributed by atoms with Gasteiger partial charge < -0.3 is 27.2 Å². The number of carboxylic acid groups (broad SMARTS) is 1. The zero-order chi connectivity index (χ0) is 23.3. The van der Waals surface area contributed by atoms with Crippen molar-refractivity contribution < 1.29 is 19.5 Å². The fourth-order valence-electron chi connectivity index (χ4n) is 3.57. The Hall–Kier alpha value is -4.16. The van der Waals surface area contributed by atoms with Gasteiger partial charge in [0.1, 0.15) is 11.7 Å². The van der Waals surface area contributed by atoms with Crippen molar-refractivity contribution in [2.45, 2.75) is 38.1 Å². The molecule has 1 aliphatic carbocycles. The standard InChI is InChI=1S/C19H24N8O5/c20-14-13(16(29)27-18(21)26-14)25-19(32)23-10-6-7-11(22-8-10)15(28)24-12(17(30)31)9-4-2-1-3-5-9/h6-9,12H,1-5H2,(H,24,28)(H,30,31)(H2,23,25,32)(H5,20,21,26,27,29)/t12-/m0/s1. The number of pyridine rings is 1. The lowest BCUT2D eigenvalue weighted by Gasteiger charge is -2.27. The minimum absolute atomic E-state index is 0.00133. The summed E-state index contributed by atoms with van der Waals surface area (Å²) >= 11 is 0. The predicted octanol–water partition coefficient (Wildman–Crippen LogP) is 0.737. The summed E-state index contributed by atoms with van der Waals surface area (Å²) in [4.78, 5) is 57.9. The van der Waals surface area contributed by atoms with Gasteiger partial charge in [0, 0.05) is 0 Å². The molecule has 1 atom stereocenters. The van der Waals surface area contributed by atoms with E-state index >= 15 is 0 Å². The normalized spacial score (nSPS) is 14.9. The Morgan fingerprint density at radius 3 is 2.44 bits per heavy atom. The monoisotopic (exact) mass is 444 g/mol. The van der Waals surface area contributed by atoms with Crippen molar-refractivity contribution >= 4 is 41.0 Å². The van der Waals surface area contributed by atoms with Crippen molar-refractivity contribution in [1.82, 2.24) is 20.3 Å². The smallest absolute Gasteiger partial charge is 0.326 e. The summed E-state index contributed by atoms with van der Waals surface area (Å²) in [6, 6.07) is 0.977. The molecule has 9 N–H and O–H groups in total. The molecule has 3 rings (SSSR count). The van der Waals surface area contributed by atoms with Crippen molar-refractivity contribution in [3.8, 4) is 0 Å². The molecule has 2 aromatic rings. The van der Waals surface area contributed by atoms with Gasteiger partial charge in [-0.2, -0.15) is 4.98 Å². The number of rotatable bonds is 6. The number of H-pyrrole nitrogens is 1. The maximum Gasteiger partial charge on any atom is 0.326 e. The zero-order valence-corrected chi connectivity index (χ0v) is 17.1. The Kier molecular flexibility index (Phi) is 6.87. The van der Waals surface area contributed by atoms with Gasteiger partial charge >= 0.3 is 12.0 Å². The number of hydrogen-bond acceptors (Lipinski definition) is 8. The van der Waals surface area contributed by atoms with Crippen LogP contribution in [-0.4, -0.2) is 44.0 Å². The lowest BCUT2D eigenvalue weighted by Crippen LogP contribution is -2.46. The van der Waals surface area contributed by atoms with Crippen molar-refractivity contribution in [3.63, 3.8) is 0 Å². The van der Waals surface area contributed by atoms with Crippen LogP contribution in [0.15, 0.2) is 23.1 Å². The topological polar surface area (TPSA) is 218 Å². The fourth-order valence-corrected chi connectivity index (χ4v) is 3.57. The van der Waals surface area contributed by atoms with E-state index in [2.05, 4.69) is 30.9 Å². The number of nitrogens with one attached hydrogen (secondary N) is 4. The van der Waals surface area contributed by atoms with Gasteiger partial charge in [0.25, 0.3) is 11.5 Å². The third-order valence-electron chi connectivity index (χ3n) is 5.13. The Morgan fingerprint density at radius 1 is 1.12 bits per heavy atom. The largest absolute Gasteiger partial charge is 0.480 e. The van der Waals surface area contributed by atoms with Crippen molar-refractivity contribution in [1.29, 1.82) is 0 Å². The molecule has 3 amide bonds. The van der Waals surface area contributed by atoms with E-state index in [4.69, 9.17) is 11.5 Å². The number of aromatic nitrogens is 3. The van der Waals surface area contributed by atoms with Crippen LogP contribution < -0.4 is 33.0 Å². The number of carbonyl (C=O) groups excluding carboxylic acids is 2. The molecule has 0 aromatic carbocycles. The third-order valence-corrected chi connectivity index (χ3v) is 5.13. The van der Waals surface area contributed by atoms with Gasteiger partial charge in [-0.1, -0.05) is 19.3 Å². The van der Waals surface area contributed by atoms with Gasteiger partial charge in [-0.15, -0.1) is 0 Å². The van der Waals surface area contributed by atoms with Crippen LogP contribution in [0.2, 0.25) is 0 Å². The molecule has 13 nitrogen and oxygen atoms in total. The number of carbonyl (C=O) groups is 3. The number of nitrogens with two attached hydrogens (primary N) is 2. The van der Waals surface area contributed by atoms with E-state index in [9.17, 15) is 24.3 Å². The number of anilines is 4. The molecular formula is C19H24N8O5. The van der Waals surface area contributed by atoms with Crippen LogP contribution in [0.25, 0.3) is 0 Å². The van der Waals surface area contributed by atoms with Gasteiger partial charge in [0.05, 0.1) is 11.9 Å². The Morgan fingerprint density at radius 2 is 1.84 bits per heavy atom. The Bertz CT molecular complexity index is 1060. The quantitative estimate of drug-likeness (QED) is 0.333. The number of aromatic amines is 1. The van der Waals surface area contributed by atoms with Crippen LogP contribution in [0.3, 0.4) is 0 Å². The Balaban J connectivity index is 1.61. The van der Waals surface area contributed by atoms with E-state index in [0.29, 0.717) is 0 Å². The summed E-state index contributed by atoms with van der Waals surface area (Å²) in [6.45, 7) is 0. The molecule has 1 fully saturated rings. The van der Waals surface area contributed by atoms with Crippen LogP contribution in [0.5, 0.6) is 0 Å². The molecule has 0 radical (unpaired) electrons. The maximum absolute atomic E-state index is 12.5.